The SMILES string of the molecule is Cc1nc(NC(=O)c2ccc(N3C(=O)CCS3(=O)=O)cc2)sc1C. The van der Waals surface area contributed by atoms with Crippen molar-refractivity contribution in [2.75, 3.05) is 15.4 Å². The van der Waals surface area contributed by atoms with Crippen LogP contribution in [0.25, 0.3) is 0 Å². The van der Waals surface area contributed by atoms with E-state index in [-0.39, 0.29) is 23.8 Å². The molecule has 0 bridgehead atoms. The number of thiazole rings is 1. The molecular formula is C15H15N3O4S2. The molecule has 0 atom stereocenters. The predicted octanol–water partition coefficient (Wildman–Crippen LogP) is 2.08. The Morgan fingerprint density at radius 2 is 1.92 bits per heavy atom. The molecule has 2 aromatic rings. The normalized spacial score (nSPS) is 16.4. The average molecular weight is 365 g/mol. The number of benzene rings is 1. The first-order chi connectivity index (χ1) is 11.3. The summed E-state index contributed by atoms with van der Waals surface area (Å²) in [4.78, 5) is 29.2. The molecule has 0 saturated carbocycles. The van der Waals surface area contributed by atoms with Crippen LogP contribution in [-0.2, 0) is 14.8 Å². The molecule has 1 aromatic carbocycles. The van der Waals surface area contributed by atoms with Crippen molar-refractivity contribution in [1.29, 1.82) is 0 Å². The number of hydrogen-bond donors (Lipinski definition) is 1. The van der Waals surface area contributed by atoms with Gasteiger partial charge in [0.2, 0.25) is 15.9 Å². The third kappa shape index (κ3) is 3.04. The Kier molecular flexibility index (Phi) is 4.14. The van der Waals surface area contributed by atoms with Gasteiger partial charge in [-0.1, -0.05) is 0 Å². The summed E-state index contributed by atoms with van der Waals surface area (Å²) in [7, 11) is -3.60. The lowest BCUT2D eigenvalue weighted by molar-refractivity contribution is -0.116. The number of anilines is 2. The van der Waals surface area contributed by atoms with Gasteiger partial charge in [0.25, 0.3) is 5.91 Å². The number of hydrogen-bond acceptors (Lipinski definition) is 6. The number of sulfonamides is 1. The van der Waals surface area contributed by atoms with Gasteiger partial charge in [-0.3, -0.25) is 14.9 Å². The van der Waals surface area contributed by atoms with Crippen molar-refractivity contribution in [3.63, 3.8) is 0 Å². The van der Waals surface area contributed by atoms with Gasteiger partial charge in [-0.25, -0.2) is 17.7 Å². The monoisotopic (exact) mass is 365 g/mol. The number of carbonyl (C=O) groups is 2. The quantitative estimate of drug-likeness (QED) is 0.898. The van der Waals surface area contributed by atoms with Gasteiger partial charge in [-0.2, -0.15) is 0 Å². The number of nitrogens with zero attached hydrogens (tertiary/aromatic N) is 2. The summed E-state index contributed by atoms with van der Waals surface area (Å²) in [5, 5.41) is 3.21. The molecule has 0 unspecified atom stereocenters. The summed E-state index contributed by atoms with van der Waals surface area (Å²) in [6, 6.07) is 5.88. The molecule has 2 heterocycles. The van der Waals surface area contributed by atoms with Crippen LogP contribution in [0.5, 0.6) is 0 Å². The molecule has 24 heavy (non-hydrogen) atoms. The Morgan fingerprint density at radius 1 is 1.25 bits per heavy atom. The Bertz CT molecular complexity index is 897. The van der Waals surface area contributed by atoms with E-state index in [9.17, 15) is 18.0 Å². The minimum Gasteiger partial charge on any atom is -0.298 e. The lowest BCUT2D eigenvalue weighted by atomic mass is 10.2. The molecule has 7 nitrogen and oxygen atoms in total. The Labute approximate surface area is 143 Å². The molecule has 1 aliphatic heterocycles. The summed E-state index contributed by atoms with van der Waals surface area (Å²) in [6.45, 7) is 3.79. The molecule has 1 aliphatic rings. The van der Waals surface area contributed by atoms with Crippen LogP contribution in [0.1, 0.15) is 27.3 Å². The van der Waals surface area contributed by atoms with Crippen molar-refractivity contribution in [2.24, 2.45) is 0 Å². The highest BCUT2D eigenvalue weighted by molar-refractivity contribution is 7.94. The van der Waals surface area contributed by atoms with Gasteiger partial charge < -0.3 is 0 Å². The second-order valence-corrected chi connectivity index (χ2v) is 8.53. The van der Waals surface area contributed by atoms with Crippen LogP contribution in [-0.4, -0.2) is 31.0 Å². The Hall–Kier alpha value is -2.26. The topological polar surface area (TPSA) is 96.4 Å². The van der Waals surface area contributed by atoms with Gasteiger partial charge in [-0.05, 0) is 38.1 Å². The maximum Gasteiger partial charge on any atom is 0.257 e. The van der Waals surface area contributed by atoms with Gasteiger partial charge in [0.15, 0.2) is 5.13 Å². The van der Waals surface area contributed by atoms with Crippen LogP contribution in [0.4, 0.5) is 10.8 Å². The van der Waals surface area contributed by atoms with Crippen molar-refractivity contribution in [3.05, 3.63) is 40.4 Å². The summed E-state index contributed by atoms with van der Waals surface area (Å²) in [6.07, 6.45) is -0.0205. The Balaban J connectivity index is 1.79. The van der Waals surface area contributed by atoms with E-state index < -0.39 is 15.9 Å². The molecular weight excluding hydrogens is 350 g/mol. The summed E-state index contributed by atoms with van der Waals surface area (Å²) in [5.41, 5.74) is 1.46. The van der Waals surface area contributed by atoms with E-state index in [0.29, 0.717) is 10.7 Å². The maximum atomic E-state index is 12.2. The largest absolute Gasteiger partial charge is 0.298 e. The van der Waals surface area contributed by atoms with E-state index in [4.69, 9.17) is 0 Å². The third-order valence-electron chi connectivity index (χ3n) is 3.69. The number of carbonyl (C=O) groups excluding carboxylic acids is 2. The summed E-state index contributed by atoms with van der Waals surface area (Å²) in [5.74, 6) is -0.983. The fourth-order valence-corrected chi connectivity index (χ4v) is 4.58. The smallest absolute Gasteiger partial charge is 0.257 e. The fraction of sp³-hybridized carbons (Fsp3) is 0.267. The van der Waals surface area contributed by atoms with Gasteiger partial charge in [0.05, 0.1) is 17.1 Å². The number of aryl methyl sites for hydroxylation is 2. The van der Waals surface area contributed by atoms with Crippen LogP contribution >= 0.6 is 11.3 Å². The molecule has 0 radical (unpaired) electrons. The van der Waals surface area contributed by atoms with E-state index in [2.05, 4.69) is 10.3 Å². The summed E-state index contributed by atoms with van der Waals surface area (Å²) < 4.78 is 24.6. The minimum absolute atomic E-state index is 0.0205. The zero-order chi connectivity index (χ0) is 17.5. The molecule has 3 rings (SSSR count). The predicted molar refractivity (Wildman–Crippen MR) is 91.9 cm³/mol. The van der Waals surface area contributed by atoms with E-state index in [1.807, 2.05) is 13.8 Å². The molecule has 1 N–H and O–H groups in total. The van der Waals surface area contributed by atoms with Crippen molar-refractivity contribution in [1.82, 2.24) is 4.98 Å². The Morgan fingerprint density at radius 3 is 2.42 bits per heavy atom. The molecule has 1 fully saturated rings. The van der Waals surface area contributed by atoms with E-state index in [0.717, 1.165) is 14.9 Å². The second kappa shape index (κ2) is 5.99. The van der Waals surface area contributed by atoms with E-state index in [1.54, 1.807) is 0 Å². The van der Waals surface area contributed by atoms with Crippen LogP contribution in [0.3, 0.4) is 0 Å². The van der Waals surface area contributed by atoms with Gasteiger partial charge >= 0.3 is 0 Å². The third-order valence-corrected chi connectivity index (χ3v) is 6.37. The van der Waals surface area contributed by atoms with Crippen molar-refractivity contribution >= 4 is 44.0 Å². The lowest BCUT2D eigenvalue weighted by Crippen LogP contribution is -2.29. The lowest BCUT2D eigenvalue weighted by Gasteiger charge is -2.15. The van der Waals surface area contributed by atoms with Crippen LogP contribution in [0.2, 0.25) is 0 Å². The molecule has 0 spiro atoms. The van der Waals surface area contributed by atoms with Crippen molar-refractivity contribution < 1.29 is 18.0 Å². The molecule has 126 valence electrons. The number of rotatable bonds is 3. The van der Waals surface area contributed by atoms with Crippen molar-refractivity contribution in [2.45, 2.75) is 20.3 Å². The fourth-order valence-electron chi connectivity index (χ4n) is 2.31. The van der Waals surface area contributed by atoms with E-state index in [1.165, 1.54) is 35.6 Å². The number of aromatic nitrogens is 1. The zero-order valence-corrected chi connectivity index (χ0v) is 14.7. The second-order valence-electron chi connectivity index (χ2n) is 5.39. The first-order valence-electron chi connectivity index (χ1n) is 7.19. The van der Waals surface area contributed by atoms with Gasteiger partial charge in [0.1, 0.15) is 0 Å². The minimum atomic E-state index is -3.60. The zero-order valence-electron chi connectivity index (χ0n) is 13.1. The number of amides is 2. The first-order valence-corrected chi connectivity index (χ1v) is 9.62. The van der Waals surface area contributed by atoms with Gasteiger partial charge in [-0.15, -0.1) is 11.3 Å². The average Bonchev–Trinajstić information content (AvgIpc) is 2.98. The highest BCUT2D eigenvalue weighted by Gasteiger charge is 2.36. The first kappa shape index (κ1) is 16.6. The molecule has 1 saturated heterocycles. The molecule has 2 amide bonds. The molecule has 0 aliphatic carbocycles. The summed E-state index contributed by atoms with van der Waals surface area (Å²) >= 11 is 1.39. The highest BCUT2D eigenvalue weighted by atomic mass is 32.2. The van der Waals surface area contributed by atoms with Gasteiger partial charge in [0, 0.05) is 16.9 Å². The number of nitrogens with one attached hydrogen (secondary N) is 1. The van der Waals surface area contributed by atoms with Crippen molar-refractivity contribution in [3.8, 4) is 0 Å². The standard InChI is InChI=1S/C15H15N3O4S2/c1-9-10(2)23-15(16-9)17-14(20)11-3-5-12(6-4-11)18-13(19)7-8-24(18,21)22/h3-6H,7-8H2,1-2H3,(H,16,17,20). The van der Waals surface area contributed by atoms with E-state index >= 15 is 0 Å². The van der Waals surface area contributed by atoms with Crippen LogP contribution < -0.4 is 9.62 Å². The highest BCUT2D eigenvalue weighted by Crippen LogP contribution is 2.26. The van der Waals surface area contributed by atoms with Crippen LogP contribution in [0, 0.1) is 13.8 Å². The molecule has 1 aromatic heterocycles. The van der Waals surface area contributed by atoms with Crippen LogP contribution in [0.15, 0.2) is 24.3 Å². The maximum absolute atomic E-state index is 12.2. The molecule has 9 heteroatoms.